The lowest BCUT2D eigenvalue weighted by molar-refractivity contribution is 0.203. The predicted octanol–water partition coefficient (Wildman–Crippen LogP) is 2.77. The lowest BCUT2D eigenvalue weighted by Crippen LogP contribution is -2.38. The molecule has 0 spiro atoms. The number of anilines is 1. The van der Waals surface area contributed by atoms with Crippen molar-refractivity contribution in [2.24, 2.45) is 0 Å². The van der Waals surface area contributed by atoms with Gasteiger partial charge in [-0.1, -0.05) is 13.3 Å². The van der Waals surface area contributed by atoms with Crippen LogP contribution in [0.15, 0.2) is 24.3 Å². The first-order valence-electron chi connectivity index (χ1n) is 8.12. The van der Waals surface area contributed by atoms with Crippen LogP contribution in [0.2, 0.25) is 0 Å². The van der Waals surface area contributed by atoms with Crippen molar-refractivity contribution in [3.8, 4) is 5.69 Å². The molecule has 7 heteroatoms. The number of amides is 2. The SMILES string of the molecule is CCCC1CCCN1C(=O)Nc1ccc(-n2nnnc2C)cc1. The fourth-order valence-corrected chi connectivity index (χ4v) is 3.09. The number of rotatable bonds is 4. The molecule has 122 valence electrons. The zero-order valence-corrected chi connectivity index (χ0v) is 13.6. The van der Waals surface area contributed by atoms with E-state index in [9.17, 15) is 4.79 Å². The topological polar surface area (TPSA) is 75.9 Å². The van der Waals surface area contributed by atoms with E-state index in [1.54, 1.807) is 4.68 Å². The van der Waals surface area contributed by atoms with Gasteiger partial charge in [0.05, 0.1) is 5.69 Å². The Morgan fingerprint density at radius 2 is 2.13 bits per heavy atom. The number of tetrazole rings is 1. The molecule has 2 aromatic rings. The smallest absolute Gasteiger partial charge is 0.322 e. The van der Waals surface area contributed by atoms with Gasteiger partial charge >= 0.3 is 6.03 Å². The van der Waals surface area contributed by atoms with Crippen LogP contribution in [-0.2, 0) is 0 Å². The van der Waals surface area contributed by atoms with Crippen molar-refractivity contribution < 1.29 is 4.79 Å². The van der Waals surface area contributed by atoms with Crippen molar-refractivity contribution in [3.05, 3.63) is 30.1 Å². The molecule has 3 rings (SSSR count). The number of hydrogen-bond donors (Lipinski definition) is 1. The van der Waals surface area contributed by atoms with E-state index < -0.39 is 0 Å². The summed E-state index contributed by atoms with van der Waals surface area (Å²) in [5.41, 5.74) is 1.65. The summed E-state index contributed by atoms with van der Waals surface area (Å²) in [6, 6.07) is 7.91. The molecular formula is C16H22N6O. The minimum absolute atomic E-state index is 0.00713. The van der Waals surface area contributed by atoms with Crippen LogP contribution in [0.25, 0.3) is 5.69 Å². The van der Waals surface area contributed by atoms with Gasteiger partial charge in [0, 0.05) is 18.3 Å². The van der Waals surface area contributed by atoms with Gasteiger partial charge in [-0.3, -0.25) is 0 Å². The molecule has 0 aliphatic carbocycles. The highest BCUT2D eigenvalue weighted by Crippen LogP contribution is 2.22. The van der Waals surface area contributed by atoms with Crippen LogP contribution in [0.3, 0.4) is 0 Å². The molecule has 1 aromatic heterocycles. The summed E-state index contributed by atoms with van der Waals surface area (Å²) in [6.07, 6.45) is 4.38. The molecule has 1 aliphatic rings. The molecule has 0 bridgehead atoms. The largest absolute Gasteiger partial charge is 0.322 e. The first-order chi connectivity index (χ1) is 11.2. The van der Waals surface area contributed by atoms with Gasteiger partial charge in [0.15, 0.2) is 5.82 Å². The Morgan fingerprint density at radius 3 is 2.78 bits per heavy atom. The van der Waals surface area contributed by atoms with Crippen LogP contribution in [0, 0.1) is 6.92 Å². The fourth-order valence-electron chi connectivity index (χ4n) is 3.09. The summed E-state index contributed by atoms with van der Waals surface area (Å²) in [5.74, 6) is 0.723. The summed E-state index contributed by atoms with van der Waals surface area (Å²) in [6.45, 7) is 4.85. The molecule has 1 atom stereocenters. The Hall–Kier alpha value is -2.44. The van der Waals surface area contributed by atoms with Gasteiger partial charge in [-0.25, -0.2) is 4.79 Å². The van der Waals surface area contributed by atoms with Crippen molar-refractivity contribution in [1.82, 2.24) is 25.1 Å². The standard InChI is InChI=1S/C16H22N6O/c1-3-5-14-6-4-11-21(14)16(23)17-13-7-9-15(10-8-13)22-12(2)18-19-20-22/h7-10,14H,3-6,11H2,1-2H3,(H,17,23). The van der Waals surface area contributed by atoms with Crippen molar-refractivity contribution in [2.75, 3.05) is 11.9 Å². The normalized spacial score (nSPS) is 17.5. The molecule has 2 heterocycles. The number of carbonyl (C=O) groups excluding carboxylic acids is 1. The quantitative estimate of drug-likeness (QED) is 0.941. The van der Waals surface area contributed by atoms with Crippen molar-refractivity contribution in [1.29, 1.82) is 0 Å². The number of hydrogen-bond acceptors (Lipinski definition) is 4. The molecule has 23 heavy (non-hydrogen) atoms. The summed E-state index contributed by atoms with van der Waals surface area (Å²) in [7, 11) is 0. The number of carbonyl (C=O) groups is 1. The van der Waals surface area contributed by atoms with Crippen molar-refractivity contribution in [3.63, 3.8) is 0 Å². The van der Waals surface area contributed by atoms with Crippen molar-refractivity contribution in [2.45, 2.75) is 45.6 Å². The van der Waals surface area contributed by atoms with E-state index in [0.717, 1.165) is 49.4 Å². The maximum absolute atomic E-state index is 12.4. The minimum Gasteiger partial charge on any atom is -0.322 e. The highest BCUT2D eigenvalue weighted by atomic mass is 16.2. The number of urea groups is 1. The monoisotopic (exact) mass is 314 g/mol. The van der Waals surface area contributed by atoms with E-state index in [-0.39, 0.29) is 6.03 Å². The molecule has 1 saturated heterocycles. The highest BCUT2D eigenvalue weighted by molar-refractivity contribution is 5.89. The molecule has 2 amide bonds. The van der Waals surface area contributed by atoms with Crippen LogP contribution < -0.4 is 5.32 Å². The number of nitrogens with one attached hydrogen (secondary N) is 1. The van der Waals surface area contributed by atoms with Crippen LogP contribution in [-0.4, -0.2) is 43.7 Å². The molecule has 1 N–H and O–H groups in total. The van der Waals surface area contributed by atoms with E-state index in [1.807, 2.05) is 36.1 Å². The van der Waals surface area contributed by atoms with Gasteiger partial charge in [-0.15, -0.1) is 5.10 Å². The number of likely N-dealkylation sites (tertiary alicyclic amines) is 1. The number of nitrogens with zero attached hydrogens (tertiary/aromatic N) is 5. The Morgan fingerprint density at radius 1 is 1.35 bits per heavy atom. The number of aryl methyl sites for hydroxylation is 1. The fraction of sp³-hybridized carbons (Fsp3) is 0.500. The lowest BCUT2D eigenvalue weighted by Gasteiger charge is -2.24. The van der Waals surface area contributed by atoms with E-state index in [4.69, 9.17) is 0 Å². The Labute approximate surface area is 135 Å². The van der Waals surface area contributed by atoms with Gasteiger partial charge in [0.25, 0.3) is 0 Å². The Kier molecular flexibility index (Phi) is 4.55. The molecule has 1 fully saturated rings. The second-order valence-corrected chi connectivity index (χ2v) is 5.89. The molecule has 1 aliphatic heterocycles. The second-order valence-electron chi connectivity index (χ2n) is 5.89. The Balaban J connectivity index is 1.66. The van der Waals surface area contributed by atoms with Crippen LogP contribution in [0.4, 0.5) is 10.5 Å². The highest BCUT2D eigenvalue weighted by Gasteiger charge is 2.27. The van der Waals surface area contributed by atoms with Gasteiger partial charge < -0.3 is 10.2 Å². The van der Waals surface area contributed by atoms with E-state index >= 15 is 0 Å². The van der Waals surface area contributed by atoms with Crippen LogP contribution >= 0.6 is 0 Å². The third-order valence-electron chi connectivity index (χ3n) is 4.25. The van der Waals surface area contributed by atoms with Gasteiger partial charge in [-0.05, 0) is 60.9 Å². The van der Waals surface area contributed by atoms with E-state index in [0.29, 0.717) is 6.04 Å². The average Bonchev–Trinajstić information content (AvgIpc) is 3.17. The lowest BCUT2D eigenvalue weighted by atomic mass is 10.1. The van der Waals surface area contributed by atoms with Gasteiger partial charge in [0.1, 0.15) is 0 Å². The minimum atomic E-state index is -0.00713. The molecule has 1 unspecified atom stereocenters. The number of aromatic nitrogens is 4. The summed E-state index contributed by atoms with van der Waals surface area (Å²) in [4.78, 5) is 14.4. The summed E-state index contributed by atoms with van der Waals surface area (Å²) in [5, 5.41) is 14.4. The molecule has 1 aromatic carbocycles. The maximum atomic E-state index is 12.4. The first-order valence-corrected chi connectivity index (χ1v) is 8.12. The first kappa shape index (κ1) is 15.5. The third kappa shape index (κ3) is 3.33. The zero-order chi connectivity index (χ0) is 16.2. The molecule has 0 radical (unpaired) electrons. The van der Waals surface area contributed by atoms with E-state index in [1.165, 1.54) is 0 Å². The second kappa shape index (κ2) is 6.76. The number of benzene rings is 1. The van der Waals surface area contributed by atoms with E-state index in [2.05, 4.69) is 27.8 Å². The third-order valence-corrected chi connectivity index (χ3v) is 4.25. The van der Waals surface area contributed by atoms with Crippen LogP contribution in [0.1, 0.15) is 38.4 Å². The van der Waals surface area contributed by atoms with Crippen LogP contribution in [0.5, 0.6) is 0 Å². The predicted molar refractivity (Wildman–Crippen MR) is 87.5 cm³/mol. The molecule has 0 saturated carbocycles. The molecular weight excluding hydrogens is 292 g/mol. The Bertz CT molecular complexity index is 665. The zero-order valence-electron chi connectivity index (χ0n) is 13.6. The van der Waals surface area contributed by atoms with Gasteiger partial charge in [0.2, 0.25) is 0 Å². The summed E-state index contributed by atoms with van der Waals surface area (Å²) >= 11 is 0. The van der Waals surface area contributed by atoms with Gasteiger partial charge in [-0.2, -0.15) is 4.68 Å². The summed E-state index contributed by atoms with van der Waals surface area (Å²) < 4.78 is 1.66. The maximum Gasteiger partial charge on any atom is 0.322 e. The average molecular weight is 314 g/mol. The molecule has 7 nitrogen and oxygen atoms in total. The van der Waals surface area contributed by atoms with Crippen molar-refractivity contribution >= 4 is 11.7 Å².